The molecule has 3 aromatic rings. The molecule has 8 nitrogen and oxygen atoms in total. The van der Waals surface area contributed by atoms with Crippen LogP contribution in [0.25, 0.3) is 22.2 Å². The maximum Gasteiger partial charge on any atom is 0.246 e. The number of ether oxygens (including phenoxy) is 1. The van der Waals surface area contributed by atoms with Gasteiger partial charge >= 0.3 is 0 Å². The minimum atomic E-state index is -3.83. The van der Waals surface area contributed by atoms with E-state index in [-0.39, 0.29) is 10.8 Å². The van der Waals surface area contributed by atoms with Crippen molar-refractivity contribution in [1.82, 2.24) is 19.3 Å². The molecule has 0 radical (unpaired) electrons. The number of nitrogen functional groups attached to an aromatic ring is 1. The molecule has 2 aromatic heterocycles. The zero-order valence-electron chi connectivity index (χ0n) is 18.3. The van der Waals surface area contributed by atoms with Crippen LogP contribution in [0.1, 0.15) is 52.5 Å². The summed E-state index contributed by atoms with van der Waals surface area (Å²) in [5.41, 5.74) is 8.90. The van der Waals surface area contributed by atoms with E-state index in [1.807, 2.05) is 18.2 Å². The van der Waals surface area contributed by atoms with Crippen LogP contribution in [-0.2, 0) is 10.0 Å². The number of benzene rings is 1. The molecule has 0 aliphatic heterocycles. The molecule has 166 valence electrons. The first kappa shape index (κ1) is 21.6. The van der Waals surface area contributed by atoms with E-state index < -0.39 is 15.6 Å². The monoisotopic (exact) mass is 443 g/mol. The first-order chi connectivity index (χ1) is 14.6. The van der Waals surface area contributed by atoms with Gasteiger partial charge < -0.3 is 15.0 Å². The molecule has 1 aliphatic rings. The third-order valence-electron chi connectivity index (χ3n) is 5.48. The van der Waals surface area contributed by atoms with Gasteiger partial charge in [0.2, 0.25) is 21.9 Å². The molecule has 1 aliphatic carbocycles. The van der Waals surface area contributed by atoms with Crippen LogP contribution in [0.3, 0.4) is 0 Å². The largest absolute Gasteiger partial charge is 0.480 e. The van der Waals surface area contributed by atoms with Gasteiger partial charge in [0.15, 0.2) is 0 Å². The summed E-state index contributed by atoms with van der Waals surface area (Å²) >= 11 is 0. The van der Waals surface area contributed by atoms with Gasteiger partial charge in [0.05, 0.1) is 18.1 Å². The van der Waals surface area contributed by atoms with Crippen LogP contribution in [0.15, 0.2) is 35.4 Å². The lowest BCUT2D eigenvalue weighted by molar-refractivity contribution is 0.384. The summed E-state index contributed by atoms with van der Waals surface area (Å²) in [7, 11) is -2.42. The zero-order chi connectivity index (χ0) is 22.4. The maximum atomic E-state index is 13.0. The molecular weight excluding hydrogens is 414 g/mol. The normalized spacial score (nSPS) is 15.6. The number of sulfonamides is 1. The first-order valence-electron chi connectivity index (χ1n) is 10.4. The topological polar surface area (TPSA) is 112 Å². The second-order valence-electron chi connectivity index (χ2n) is 9.07. The van der Waals surface area contributed by atoms with Crippen molar-refractivity contribution in [1.29, 1.82) is 0 Å². The molecule has 0 atom stereocenters. The minimum Gasteiger partial charge on any atom is -0.480 e. The quantitative estimate of drug-likeness (QED) is 0.619. The molecular formula is C22H29N5O3S. The SMILES string of the molecule is COc1ncc(-c2ccc3nc(N)n(C4CCCC4)c3c2)cc1S(=O)(=O)NC(C)(C)C. The molecule has 9 heteroatoms. The Balaban J connectivity index is 1.82. The van der Waals surface area contributed by atoms with Gasteiger partial charge in [0, 0.05) is 23.3 Å². The molecule has 4 rings (SSSR count). The van der Waals surface area contributed by atoms with Gasteiger partial charge in [-0.25, -0.2) is 23.1 Å². The van der Waals surface area contributed by atoms with Gasteiger partial charge in [-0.15, -0.1) is 0 Å². The standard InChI is InChI=1S/C22H29N5O3S/c1-22(2,3)26-31(28,29)19-12-15(13-24-20(19)30-4)14-9-10-17-18(11-14)27(21(23)25-17)16-7-5-6-8-16/h9-13,16,26H,5-8H2,1-4H3,(H2,23,25). The van der Waals surface area contributed by atoms with Gasteiger partial charge in [-0.3, -0.25) is 0 Å². The number of methoxy groups -OCH3 is 1. The number of nitrogens with one attached hydrogen (secondary N) is 1. The summed E-state index contributed by atoms with van der Waals surface area (Å²) in [4.78, 5) is 8.79. The van der Waals surface area contributed by atoms with Crippen molar-refractivity contribution in [3.8, 4) is 17.0 Å². The Bertz CT molecular complexity index is 1220. The number of nitrogens with two attached hydrogens (primary N) is 1. The van der Waals surface area contributed by atoms with Crippen molar-refractivity contribution in [3.05, 3.63) is 30.5 Å². The van der Waals surface area contributed by atoms with Crippen LogP contribution >= 0.6 is 0 Å². The lowest BCUT2D eigenvalue weighted by Crippen LogP contribution is -2.40. The van der Waals surface area contributed by atoms with E-state index in [1.54, 1.807) is 33.0 Å². The van der Waals surface area contributed by atoms with Gasteiger partial charge in [-0.2, -0.15) is 0 Å². The molecule has 0 bridgehead atoms. The summed E-state index contributed by atoms with van der Waals surface area (Å²) in [6.07, 6.45) is 6.17. The fourth-order valence-corrected chi connectivity index (χ4v) is 5.80. The summed E-state index contributed by atoms with van der Waals surface area (Å²) in [5, 5.41) is 0. The second-order valence-corrected chi connectivity index (χ2v) is 10.7. The molecule has 0 amide bonds. The number of aromatic nitrogens is 3. The maximum absolute atomic E-state index is 13.0. The molecule has 3 N–H and O–H groups in total. The summed E-state index contributed by atoms with van der Waals surface area (Å²) in [6, 6.07) is 7.78. The van der Waals surface area contributed by atoms with Gasteiger partial charge in [-0.1, -0.05) is 18.9 Å². The van der Waals surface area contributed by atoms with Crippen molar-refractivity contribution >= 4 is 27.0 Å². The highest BCUT2D eigenvalue weighted by molar-refractivity contribution is 7.89. The van der Waals surface area contributed by atoms with E-state index in [0.29, 0.717) is 17.6 Å². The van der Waals surface area contributed by atoms with Crippen molar-refractivity contribution in [3.63, 3.8) is 0 Å². The van der Waals surface area contributed by atoms with Crippen LogP contribution in [0.5, 0.6) is 5.88 Å². The van der Waals surface area contributed by atoms with E-state index in [9.17, 15) is 8.42 Å². The van der Waals surface area contributed by atoms with Crippen LogP contribution < -0.4 is 15.2 Å². The number of fused-ring (bicyclic) bond motifs is 1. The highest BCUT2D eigenvalue weighted by atomic mass is 32.2. The molecule has 0 unspecified atom stereocenters. The predicted molar refractivity (Wildman–Crippen MR) is 122 cm³/mol. The third kappa shape index (κ3) is 4.24. The Labute approximate surface area is 182 Å². The number of hydrogen-bond acceptors (Lipinski definition) is 6. The number of anilines is 1. The zero-order valence-corrected chi connectivity index (χ0v) is 19.2. The van der Waals surface area contributed by atoms with Crippen LogP contribution in [-0.4, -0.2) is 35.6 Å². The summed E-state index contributed by atoms with van der Waals surface area (Å²) in [5.74, 6) is 0.575. The van der Waals surface area contributed by atoms with Crippen LogP contribution in [0.2, 0.25) is 0 Å². The van der Waals surface area contributed by atoms with Crippen molar-refractivity contribution in [2.24, 2.45) is 0 Å². The summed E-state index contributed by atoms with van der Waals surface area (Å²) < 4.78 is 36.0. The molecule has 1 fully saturated rings. The molecule has 0 spiro atoms. The Hall–Kier alpha value is -2.65. The summed E-state index contributed by atoms with van der Waals surface area (Å²) in [6.45, 7) is 5.37. The highest BCUT2D eigenvalue weighted by Crippen LogP contribution is 2.36. The number of nitrogens with zero attached hydrogens (tertiary/aromatic N) is 3. The van der Waals surface area contributed by atoms with Crippen LogP contribution in [0.4, 0.5) is 5.95 Å². The minimum absolute atomic E-state index is 0.00587. The van der Waals surface area contributed by atoms with Crippen LogP contribution in [0, 0.1) is 0 Å². The fraction of sp³-hybridized carbons (Fsp3) is 0.455. The van der Waals surface area contributed by atoms with Gasteiger partial charge in [0.25, 0.3) is 0 Å². The number of pyridine rings is 1. The number of imidazole rings is 1. The average molecular weight is 444 g/mol. The molecule has 1 saturated carbocycles. The Morgan fingerprint density at radius 2 is 1.87 bits per heavy atom. The van der Waals surface area contributed by atoms with Crippen molar-refractivity contribution < 1.29 is 13.2 Å². The first-order valence-corrected chi connectivity index (χ1v) is 11.9. The average Bonchev–Trinajstić information content (AvgIpc) is 3.31. The third-order valence-corrected chi connectivity index (χ3v) is 7.23. The van der Waals surface area contributed by atoms with E-state index in [0.717, 1.165) is 29.4 Å². The van der Waals surface area contributed by atoms with Gasteiger partial charge in [-0.05, 0) is 57.4 Å². The Morgan fingerprint density at radius 1 is 1.16 bits per heavy atom. The smallest absolute Gasteiger partial charge is 0.246 e. The van der Waals surface area contributed by atoms with E-state index in [2.05, 4.69) is 19.3 Å². The van der Waals surface area contributed by atoms with E-state index in [4.69, 9.17) is 10.5 Å². The second kappa shape index (κ2) is 7.80. The lowest BCUT2D eigenvalue weighted by Gasteiger charge is -2.21. The van der Waals surface area contributed by atoms with Crippen molar-refractivity contribution in [2.75, 3.05) is 12.8 Å². The Kier molecular flexibility index (Phi) is 5.43. The number of hydrogen-bond donors (Lipinski definition) is 2. The lowest BCUT2D eigenvalue weighted by atomic mass is 10.1. The molecule has 1 aromatic carbocycles. The Morgan fingerprint density at radius 3 is 2.52 bits per heavy atom. The highest BCUT2D eigenvalue weighted by Gasteiger charge is 2.27. The molecule has 0 saturated heterocycles. The fourth-order valence-electron chi connectivity index (χ4n) is 4.23. The van der Waals surface area contributed by atoms with Crippen molar-refractivity contribution in [2.45, 2.75) is 62.9 Å². The van der Waals surface area contributed by atoms with Gasteiger partial charge in [0.1, 0.15) is 4.90 Å². The molecule has 2 heterocycles. The number of rotatable bonds is 5. The molecule has 31 heavy (non-hydrogen) atoms. The predicted octanol–water partition coefficient (Wildman–Crippen LogP) is 3.88. The van der Waals surface area contributed by atoms with E-state index in [1.165, 1.54) is 20.0 Å². The van der Waals surface area contributed by atoms with E-state index >= 15 is 0 Å².